The third kappa shape index (κ3) is 4.11. The van der Waals surface area contributed by atoms with Gasteiger partial charge in [0.15, 0.2) is 0 Å². The van der Waals surface area contributed by atoms with Gasteiger partial charge >= 0.3 is 0 Å². The number of halogens is 1. The molecule has 4 rings (SSSR count). The Labute approximate surface area is 170 Å². The number of aromatic nitrogens is 1. The number of carbonyl (C=O) groups is 1. The summed E-state index contributed by atoms with van der Waals surface area (Å²) in [5.41, 5.74) is 9.21. The van der Waals surface area contributed by atoms with Crippen LogP contribution in [0.3, 0.4) is 0 Å². The molecule has 1 saturated carbocycles. The number of benzene rings is 2. The lowest BCUT2D eigenvalue weighted by Crippen LogP contribution is -2.33. The van der Waals surface area contributed by atoms with Crippen molar-refractivity contribution in [3.63, 3.8) is 0 Å². The van der Waals surface area contributed by atoms with Gasteiger partial charge in [-0.1, -0.05) is 30.3 Å². The number of nitrogens with zero attached hydrogens (tertiary/aromatic N) is 1. The molecule has 0 spiro atoms. The number of hydrogen-bond donors (Lipinski definition) is 2. The van der Waals surface area contributed by atoms with Crippen molar-refractivity contribution in [2.75, 3.05) is 7.11 Å². The quantitative estimate of drug-likeness (QED) is 0.699. The van der Waals surface area contributed by atoms with Crippen molar-refractivity contribution in [1.29, 1.82) is 0 Å². The molecule has 3 N–H and O–H groups in total. The van der Waals surface area contributed by atoms with Crippen LogP contribution in [0.5, 0.6) is 5.75 Å². The van der Waals surface area contributed by atoms with Gasteiger partial charge < -0.3 is 15.8 Å². The molecule has 0 bridgehead atoms. The van der Waals surface area contributed by atoms with Crippen LogP contribution in [0.4, 0.5) is 0 Å². The number of hydrogen-bond acceptors (Lipinski definition) is 4. The third-order valence-electron chi connectivity index (χ3n) is 5.15. The van der Waals surface area contributed by atoms with Crippen LogP contribution in [0.15, 0.2) is 54.6 Å². The second-order valence-electron chi connectivity index (χ2n) is 7.05. The number of rotatable bonds is 4. The standard InChI is InChI=1S/C22H23N3O2.ClH/c1-27-20-4-2-3-15-9-12-19(25-21(15)20)14-5-7-16(8-6-14)22(26)24-18-11-10-17(23)13-18;/h2-9,12,17-18H,10-11,13,23H2,1H3,(H,24,26);1H/t17-,18+;/m1./s1. The fourth-order valence-corrected chi connectivity index (χ4v) is 3.65. The summed E-state index contributed by atoms with van der Waals surface area (Å²) >= 11 is 0. The highest BCUT2D eigenvalue weighted by atomic mass is 35.5. The van der Waals surface area contributed by atoms with Gasteiger partial charge in [0, 0.05) is 28.6 Å². The summed E-state index contributed by atoms with van der Waals surface area (Å²) in [5, 5.41) is 4.10. The molecule has 0 aliphatic heterocycles. The minimum atomic E-state index is -0.0474. The smallest absolute Gasteiger partial charge is 0.251 e. The lowest BCUT2D eigenvalue weighted by Gasteiger charge is -2.12. The Bertz CT molecular complexity index is 975. The van der Waals surface area contributed by atoms with Crippen molar-refractivity contribution in [2.24, 2.45) is 5.73 Å². The maximum Gasteiger partial charge on any atom is 0.251 e. The van der Waals surface area contributed by atoms with Gasteiger partial charge in [0.25, 0.3) is 5.91 Å². The summed E-state index contributed by atoms with van der Waals surface area (Å²) in [6.07, 6.45) is 2.78. The van der Waals surface area contributed by atoms with E-state index < -0.39 is 0 Å². The molecule has 1 aromatic heterocycles. The monoisotopic (exact) mass is 397 g/mol. The van der Waals surface area contributed by atoms with Crippen molar-refractivity contribution >= 4 is 29.2 Å². The van der Waals surface area contributed by atoms with Crippen LogP contribution in [0.25, 0.3) is 22.2 Å². The summed E-state index contributed by atoms with van der Waals surface area (Å²) in [6.45, 7) is 0. The molecule has 0 radical (unpaired) electrons. The summed E-state index contributed by atoms with van der Waals surface area (Å²) in [4.78, 5) is 17.2. The number of nitrogens with one attached hydrogen (secondary N) is 1. The molecular formula is C22H24ClN3O2. The highest BCUT2D eigenvalue weighted by molar-refractivity contribution is 5.95. The van der Waals surface area contributed by atoms with Crippen LogP contribution in [0.1, 0.15) is 29.6 Å². The van der Waals surface area contributed by atoms with E-state index in [0.29, 0.717) is 5.56 Å². The van der Waals surface area contributed by atoms with E-state index in [2.05, 4.69) is 5.32 Å². The molecule has 1 aliphatic rings. The van der Waals surface area contributed by atoms with Crippen LogP contribution in [0, 0.1) is 0 Å². The molecule has 2 atom stereocenters. The Hall–Kier alpha value is -2.63. The van der Waals surface area contributed by atoms with Crippen LogP contribution in [0.2, 0.25) is 0 Å². The van der Waals surface area contributed by atoms with Crippen molar-refractivity contribution in [3.05, 3.63) is 60.2 Å². The molecule has 1 aliphatic carbocycles. The number of fused-ring (bicyclic) bond motifs is 1. The lowest BCUT2D eigenvalue weighted by atomic mass is 10.1. The van der Waals surface area contributed by atoms with Crippen LogP contribution in [-0.4, -0.2) is 30.1 Å². The van der Waals surface area contributed by atoms with Gasteiger partial charge in [0.05, 0.1) is 12.8 Å². The van der Waals surface area contributed by atoms with Gasteiger partial charge in [-0.15, -0.1) is 12.4 Å². The van der Waals surface area contributed by atoms with E-state index in [1.807, 2.05) is 54.6 Å². The summed E-state index contributed by atoms with van der Waals surface area (Å²) in [7, 11) is 1.65. The second kappa shape index (κ2) is 8.59. The molecule has 3 aromatic rings. The summed E-state index contributed by atoms with van der Waals surface area (Å²) in [6, 6.07) is 17.8. The Balaban J connectivity index is 0.00000225. The maximum atomic E-state index is 12.4. The van der Waals surface area contributed by atoms with Crippen molar-refractivity contribution in [2.45, 2.75) is 31.3 Å². The number of amides is 1. The van der Waals surface area contributed by atoms with Crippen molar-refractivity contribution < 1.29 is 9.53 Å². The topological polar surface area (TPSA) is 77.2 Å². The van der Waals surface area contributed by atoms with Gasteiger partial charge in [-0.25, -0.2) is 4.98 Å². The fourth-order valence-electron chi connectivity index (χ4n) is 3.65. The number of carbonyl (C=O) groups excluding carboxylic acids is 1. The molecular weight excluding hydrogens is 374 g/mol. The maximum absolute atomic E-state index is 12.4. The predicted molar refractivity (Wildman–Crippen MR) is 114 cm³/mol. The number of ether oxygens (including phenoxy) is 1. The molecule has 0 saturated heterocycles. The summed E-state index contributed by atoms with van der Waals surface area (Å²) in [5.74, 6) is 0.703. The van der Waals surface area contributed by atoms with E-state index in [1.165, 1.54) is 0 Å². The molecule has 28 heavy (non-hydrogen) atoms. The average Bonchev–Trinajstić information content (AvgIpc) is 3.11. The zero-order valence-electron chi connectivity index (χ0n) is 15.7. The van der Waals surface area contributed by atoms with E-state index in [0.717, 1.165) is 47.2 Å². The molecule has 146 valence electrons. The van der Waals surface area contributed by atoms with Crippen LogP contribution >= 0.6 is 12.4 Å². The molecule has 2 aromatic carbocycles. The first kappa shape index (κ1) is 20.1. The van der Waals surface area contributed by atoms with Gasteiger partial charge in [0.1, 0.15) is 11.3 Å². The zero-order valence-corrected chi connectivity index (χ0v) is 16.5. The average molecular weight is 398 g/mol. The fraction of sp³-hybridized carbons (Fsp3) is 0.273. The SMILES string of the molecule is COc1cccc2ccc(-c3ccc(C(=O)N[C@H]4CC[C@@H](N)C4)cc3)nc12.Cl. The third-order valence-corrected chi connectivity index (χ3v) is 5.15. The van der Waals surface area contributed by atoms with E-state index in [-0.39, 0.29) is 30.4 Å². The molecule has 6 heteroatoms. The number of para-hydroxylation sites is 1. The Morgan fingerprint density at radius 2 is 1.89 bits per heavy atom. The van der Waals surface area contributed by atoms with Crippen molar-refractivity contribution in [3.8, 4) is 17.0 Å². The van der Waals surface area contributed by atoms with Gasteiger partial charge in [-0.05, 0) is 43.5 Å². The largest absolute Gasteiger partial charge is 0.494 e. The number of methoxy groups -OCH3 is 1. The van der Waals surface area contributed by atoms with Crippen molar-refractivity contribution in [1.82, 2.24) is 10.3 Å². The lowest BCUT2D eigenvalue weighted by molar-refractivity contribution is 0.0937. The van der Waals surface area contributed by atoms with Gasteiger partial charge in [-0.2, -0.15) is 0 Å². The highest BCUT2D eigenvalue weighted by Crippen LogP contribution is 2.27. The Morgan fingerprint density at radius 1 is 1.11 bits per heavy atom. The van der Waals surface area contributed by atoms with E-state index in [1.54, 1.807) is 7.11 Å². The minimum absolute atomic E-state index is 0. The number of nitrogens with two attached hydrogens (primary N) is 1. The van der Waals surface area contributed by atoms with Crippen LogP contribution < -0.4 is 15.8 Å². The Kier molecular flexibility index (Phi) is 6.17. The zero-order chi connectivity index (χ0) is 18.8. The molecule has 1 amide bonds. The van der Waals surface area contributed by atoms with Crippen LogP contribution in [-0.2, 0) is 0 Å². The molecule has 1 heterocycles. The Morgan fingerprint density at radius 3 is 2.57 bits per heavy atom. The second-order valence-corrected chi connectivity index (χ2v) is 7.05. The molecule has 5 nitrogen and oxygen atoms in total. The minimum Gasteiger partial charge on any atom is -0.494 e. The van der Waals surface area contributed by atoms with E-state index in [4.69, 9.17) is 15.5 Å². The van der Waals surface area contributed by atoms with E-state index >= 15 is 0 Å². The van der Waals surface area contributed by atoms with E-state index in [9.17, 15) is 4.79 Å². The summed E-state index contributed by atoms with van der Waals surface area (Å²) < 4.78 is 5.42. The van der Waals surface area contributed by atoms with Gasteiger partial charge in [-0.3, -0.25) is 4.79 Å². The first-order valence-corrected chi connectivity index (χ1v) is 9.24. The van der Waals surface area contributed by atoms with Gasteiger partial charge in [0.2, 0.25) is 0 Å². The molecule has 0 unspecified atom stereocenters. The first-order valence-electron chi connectivity index (χ1n) is 9.24. The first-order chi connectivity index (χ1) is 13.1. The number of pyridine rings is 1. The molecule has 1 fully saturated rings. The predicted octanol–water partition coefficient (Wildman–Crippen LogP) is 3.94. The highest BCUT2D eigenvalue weighted by Gasteiger charge is 2.23. The normalized spacial score (nSPS) is 18.5.